The second-order valence-corrected chi connectivity index (χ2v) is 6.29. The summed E-state index contributed by atoms with van der Waals surface area (Å²) in [5, 5.41) is 3.63. The lowest BCUT2D eigenvalue weighted by Gasteiger charge is -2.35. The molecule has 20 heavy (non-hydrogen) atoms. The molecule has 0 saturated carbocycles. The van der Waals surface area contributed by atoms with E-state index in [4.69, 9.17) is 0 Å². The molecule has 0 bridgehead atoms. The molecule has 0 aromatic heterocycles. The predicted molar refractivity (Wildman–Crippen MR) is 86.8 cm³/mol. The maximum atomic E-state index is 3.63. The van der Waals surface area contributed by atoms with E-state index < -0.39 is 0 Å². The Hall–Kier alpha value is -1.12. The van der Waals surface area contributed by atoms with Crippen LogP contribution in [0.4, 0.5) is 0 Å². The van der Waals surface area contributed by atoms with Gasteiger partial charge >= 0.3 is 0 Å². The molecule has 1 N–H and O–H groups in total. The van der Waals surface area contributed by atoms with Crippen LogP contribution in [0.25, 0.3) is 0 Å². The Morgan fingerprint density at radius 3 is 2.55 bits per heavy atom. The summed E-state index contributed by atoms with van der Waals surface area (Å²) >= 11 is 0. The van der Waals surface area contributed by atoms with Crippen molar-refractivity contribution in [3.63, 3.8) is 0 Å². The van der Waals surface area contributed by atoms with E-state index in [0.717, 1.165) is 19.6 Å². The zero-order valence-electron chi connectivity index (χ0n) is 13.1. The molecule has 2 nitrogen and oxygen atoms in total. The molecule has 110 valence electrons. The number of hydrogen-bond donors (Lipinski definition) is 1. The Bertz CT molecular complexity index is 422. The summed E-state index contributed by atoms with van der Waals surface area (Å²) in [6, 6.07) is 11.4. The normalized spacial score (nSPS) is 18.1. The highest BCUT2D eigenvalue weighted by molar-refractivity contribution is 5.21. The summed E-state index contributed by atoms with van der Waals surface area (Å²) in [7, 11) is 0. The van der Waals surface area contributed by atoms with Crippen molar-refractivity contribution in [3.8, 4) is 0 Å². The van der Waals surface area contributed by atoms with E-state index in [9.17, 15) is 0 Å². The van der Waals surface area contributed by atoms with Gasteiger partial charge in [0.25, 0.3) is 0 Å². The molecular weight excluding hydrogens is 244 g/mol. The van der Waals surface area contributed by atoms with Gasteiger partial charge in [-0.05, 0) is 31.4 Å². The van der Waals surface area contributed by atoms with Crippen LogP contribution in [0.2, 0.25) is 0 Å². The van der Waals surface area contributed by atoms with Crippen molar-refractivity contribution in [3.05, 3.63) is 47.5 Å². The van der Waals surface area contributed by atoms with Crippen LogP contribution in [0.5, 0.6) is 0 Å². The molecule has 0 amide bonds. The average molecular weight is 272 g/mol. The van der Waals surface area contributed by atoms with Crippen LogP contribution in [0, 0.1) is 5.92 Å². The molecule has 1 aromatic rings. The maximum absolute atomic E-state index is 3.63. The van der Waals surface area contributed by atoms with Gasteiger partial charge in [-0.15, -0.1) is 0 Å². The van der Waals surface area contributed by atoms with E-state index in [1.165, 1.54) is 24.1 Å². The molecule has 1 aliphatic rings. The van der Waals surface area contributed by atoms with Crippen LogP contribution in [0.3, 0.4) is 0 Å². The van der Waals surface area contributed by atoms with Crippen molar-refractivity contribution >= 4 is 0 Å². The van der Waals surface area contributed by atoms with E-state index in [1.54, 1.807) is 0 Å². The van der Waals surface area contributed by atoms with E-state index in [1.807, 2.05) is 0 Å². The Morgan fingerprint density at radius 1 is 1.15 bits per heavy atom. The summed E-state index contributed by atoms with van der Waals surface area (Å²) in [4.78, 5) is 2.61. The minimum Gasteiger partial charge on any atom is -0.315 e. The molecule has 1 heterocycles. The number of nitrogens with one attached hydrogen (secondary N) is 1. The van der Waals surface area contributed by atoms with Crippen molar-refractivity contribution in [2.75, 3.05) is 26.2 Å². The Kier molecular flexibility index (Phi) is 5.81. The topological polar surface area (TPSA) is 15.3 Å². The predicted octanol–water partition coefficient (Wildman–Crippen LogP) is 3.63. The van der Waals surface area contributed by atoms with Crippen LogP contribution in [-0.2, 0) is 0 Å². The van der Waals surface area contributed by atoms with Crippen molar-refractivity contribution < 1.29 is 0 Å². The van der Waals surface area contributed by atoms with Gasteiger partial charge in [0.15, 0.2) is 0 Å². The molecule has 2 rings (SSSR count). The third-order valence-electron chi connectivity index (χ3n) is 3.88. The molecular formula is C18H28N2. The van der Waals surface area contributed by atoms with Crippen LogP contribution in [-0.4, -0.2) is 31.1 Å². The van der Waals surface area contributed by atoms with Gasteiger partial charge in [0, 0.05) is 25.7 Å². The molecule has 0 spiro atoms. The highest BCUT2D eigenvalue weighted by Gasteiger charge is 2.21. The molecule has 1 aromatic carbocycles. The Morgan fingerprint density at radius 2 is 1.90 bits per heavy atom. The zero-order valence-corrected chi connectivity index (χ0v) is 13.1. The molecule has 1 unspecified atom stereocenters. The SMILES string of the molecule is CC1=CCCN(C(CNCC(C)C)c2ccccc2)C1. The lowest BCUT2D eigenvalue weighted by Crippen LogP contribution is -2.39. The molecule has 0 radical (unpaired) electrons. The fourth-order valence-electron chi connectivity index (χ4n) is 2.85. The van der Waals surface area contributed by atoms with Crippen LogP contribution < -0.4 is 5.32 Å². The fraction of sp³-hybridized carbons (Fsp3) is 0.556. The van der Waals surface area contributed by atoms with Gasteiger partial charge in [-0.2, -0.15) is 0 Å². The highest BCUT2D eigenvalue weighted by Crippen LogP contribution is 2.24. The summed E-state index contributed by atoms with van der Waals surface area (Å²) in [6.45, 7) is 11.2. The standard InChI is InChI=1S/C18H28N2/c1-15(2)12-19-13-18(17-9-5-4-6-10-17)20-11-7-8-16(3)14-20/h4-6,8-10,15,18-19H,7,11-14H2,1-3H3. The van der Waals surface area contributed by atoms with E-state index in [2.05, 4.69) is 67.4 Å². The summed E-state index contributed by atoms with van der Waals surface area (Å²) in [5.74, 6) is 0.703. The number of rotatable bonds is 6. The Balaban J connectivity index is 2.06. The number of nitrogens with zero attached hydrogens (tertiary/aromatic N) is 1. The first kappa shape index (κ1) is 15.3. The van der Waals surface area contributed by atoms with E-state index >= 15 is 0 Å². The van der Waals surface area contributed by atoms with Gasteiger partial charge < -0.3 is 5.32 Å². The first-order valence-electron chi connectivity index (χ1n) is 7.82. The zero-order chi connectivity index (χ0) is 14.4. The van der Waals surface area contributed by atoms with Crippen LogP contribution >= 0.6 is 0 Å². The lowest BCUT2D eigenvalue weighted by atomic mass is 10.0. The maximum Gasteiger partial charge on any atom is 0.0476 e. The van der Waals surface area contributed by atoms with Crippen molar-refractivity contribution in [1.29, 1.82) is 0 Å². The molecule has 2 heteroatoms. The fourth-order valence-corrected chi connectivity index (χ4v) is 2.85. The van der Waals surface area contributed by atoms with Crippen molar-refractivity contribution in [1.82, 2.24) is 10.2 Å². The third kappa shape index (κ3) is 4.46. The molecule has 1 aliphatic heterocycles. The van der Waals surface area contributed by atoms with Crippen LogP contribution in [0.1, 0.15) is 38.8 Å². The van der Waals surface area contributed by atoms with E-state index in [0.29, 0.717) is 12.0 Å². The molecule has 1 atom stereocenters. The van der Waals surface area contributed by atoms with Crippen molar-refractivity contribution in [2.24, 2.45) is 5.92 Å². The summed E-state index contributed by atoms with van der Waals surface area (Å²) < 4.78 is 0. The lowest BCUT2D eigenvalue weighted by molar-refractivity contribution is 0.203. The first-order valence-corrected chi connectivity index (χ1v) is 7.82. The first-order chi connectivity index (χ1) is 9.66. The second kappa shape index (κ2) is 7.61. The molecule has 0 aliphatic carbocycles. The van der Waals surface area contributed by atoms with Gasteiger partial charge in [0.1, 0.15) is 0 Å². The number of hydrogen-bond acceptors (Lipinski definition) is 2. The minimum atomic E-state index is 0.485. The number of benzene rings is 1. The quantitative estimate of drug-likeness (QED) is 0.796. The minimum absolute atomic E-state index is 0.485. The van der Waals surface area contributed by atoms with Crippen molar-refractivity contribution in [2.45, 2.75) is 33.2 Å². The van der Waals surface area contributed by atoms with E-state index in [-0.39, 0.29) is 0 Å². The summed E-state index contributed by atoms with van der Waals surface area (Å²) in [5.41, 5.74) is 2.93. The largest absolute Gasteiger partial charge is 0.315 e. The second-order valence-electron chi connectivity index (χ2n) is 6.29. The van der Waals surface area contributed by atoms with Gasteiger partial charge in [-0.3, -0.25) is 4.90 Å². The third-order valence-corrected chi connectivity index (χ3v) is 3.88. The van der Waals surface area contributed by atoms with Gasteiger partial charge in [0.05, 0.1) is 0 Å². The highest BCUT2D eigenvalue weighted by atomic mass is 15.2. The monoisotopic (exact) mass is 272 g/mol. The molecule has 0 fully saturated rings. The summed E-state index contributed by atoms with van der Waals surface area (Å²) in [6.07, 6.45) is 3.56. The molecule has 0 saturated heterocycles. The van der Waals surface area contributed by atoms with Gasteiger partial charge in [-0.25, -0.2) is 0 Å². The van der Waals surface area contributed by atoms with Gasteiger partial charge in [-0.1, -0.05) is 55.8 Å². The Labute approximate surface area is 123 Å². The van der Waals surface area contributed by atoms with Gasteiger partial charge in [0.2, 0.25) is 0 Å². The average Bonchev–Trinajstić information content (AvgIpc) is 2.44. The smallest absolute Gasteiger partial charge is 0.0476 e. The van der Waals surface area contributed by atoms with Crippen LogP contribution in [0.15, 0.2) is 42.0 Å².